The third-order valence-corrected chi connectivity index (χ3v) is 2.48. The molecule has 0 aromatic carbocycles. The van der Waals surface area contributed by atoms with Crippen LogP contribution < -0.4 is 5.32 Å². The zero-order valence-electron chi connectivity index (χ0n) is 11.7. The highest BCUT2D eigenvalue weighted by Crippen LogP contribution is 2.39. The quantitative estimate of drug-likeness (QED) is 0.674. The van der Waals surface area contributed by atoms with Gasteiger partial charge in [0.2, 0.25) is 0 Å². The van der Waals surface area contributed by atoms with Gasteiger partial charge in [-0.1, -0.05) is 47.6 Å². The van der Waals surface area contributed by atoms with Gasteiger partial charge in [-0.25, -0.2) is 0 Å². The van der Waals surface area contributed by atoms with Gasteiger partial charge in [0.1, 0.15) is 0 Å². The second kappa shape index (κ2) is 4.87. The van der Waals surface area contributed by atoms with E-state index in [2.05, 4.69) is 66.1 Å². The zero-order valence-corrected chi connectivity index (χ0v) is 11.7. The molecule has 0 rings (SSSR count). The Bertz CT molecular complexity index is 256. The molecule has 1 nitrogen and oxygen atoms in total. The Morgan fingerprint density at radius 1 is 0.867 bits per heavy atom. The van der Waals surface area contributed by atoms with Gasteiger partial charge in [0.25, 0.3) is 0 Å². The van der Waals surface area contributed by atoms with E-state index >= 15 is 0 Å². The van der Waals surface area contributed by atoms with Gasteiger partial charge in [0, 0.05) is 13.2 Å². The first-order valence-electron chi connectivity index (χ1n) is 5.69. The lowest BCUT2D eigenvalue weighted by molar-refractivity contribution is 0.443. The fourth-order valence-electron chi connectivity index (χ4n) is 1.84. The molecule has 0 unspecified atom stereocenters. The predicted octanol–water partition coefficient (Wildman–Crippen LogP) is 4.13. The molecule has 0 saturated carbocycles. The van der Waals surface area contributed by atoms with Crippen LogP contribution in [-0.4, -0.2) is 7.05 Å². The summed E-state index contributed by atoms with van der Waals surface area (Å²) < 4.78 is 0. The van der Waals surface area contributed by atoms with Gasteiger partial charge in [0.15, 0.2) is 0 Å². The van der Waals surface area contributed by atoms with E-state index < -0.39 is 0 Å². The summed E-state index contributed by atoms with van der Waals surface area (Å²) in [6, 6.07) is 0. The third kappa shape index (κ3) is 4.11. The first kappa shape index (κ1) is 14.3. The molecular weight excluding hydrogens is 182 g/mol. The topological polar surface area (TPSA) is 12.0 Å². The van der Waals surface area contributed by atoms with Crippen molar-refractivity contribution < 1.29 is 0 Å². The summed E-state index contributed by atoms with van der Waals surface area (Å²) >= 11 is 0. The van der Waals surface area contributed by atoms with Crippen molar-refractivity contribution in [1.82, 2.24) is 5.32 Å². The molecule has 0 bridgehead atoms. The Kier molecular flexibility index (Phi) is 4.64. The number of nitrogens with one attached hydrogen (secondary N) is 1. The van der Waals surface area contributed by atoms with Gasteiger partial charge in [-0.05, 0) is 28.9 Å². The van der Waals surface area contributed by atoms with Crippen LogP contribution in [0.3, 0.4) is 0 Å². The molecule has 0 heterocycles. The molecule has 0 aromatic rings. The molecular formula is C14H27N. The van der Waals surface area contributed by atoms with Crippen LogP contribution in [0.1, 0.15) is 48.5 Å². The maximum absolute atomic E-state index is 3.16. The molecule has 0 fully saturated rings. The SMILES string of the molecule is C/C=C(\C(=C/NC)C(C)(C)C)C(C)(C)C. The predicted molar refractivity (Wildman–Crippen MR) is 69.8 cm³/mol. The minimum Gasteiger partial charge on any atom is -0.394 e. The number of hydrogen-bond acceptors (Lipinski definition) is 1. The van der Waals surface area contributed by atoms with Gasteiger partial charge in [-0.3, -0.25) is 0 Å². The Morgan fingerprint density at radius 2 is 1.27 bits per heavy atom. The summed E-state index contributed by atoms with van der Waals surface area (Å²) in [7, 11) is 1.96. The van der Waals surface area contributed by atoms with Crippen molar-refractivity contribution in [2.24, 2.45) is 10.8 Å². The highest BCUT2D eigenvalue weighted by atomic mass is 14.8. The van der Waals surface area contributed by atoms with Crippen LogP contribution in [0.2, 0.25) is 0 Å². The van der Waals surface area contributed by atoms with Gasteiger partial charge >= 0.3 is 0 Å². The summed E-state index contributed by atoms with van der Waals surface area (Å²) in [5.74, 6) is 0. The average Bonchev–Trinajstić information content (AvgIpc) is 2.00. The Balaban J connectivity index is 5.38. The standard InChI is InChI=1S/C14H27N/c1-9-11(13(2,3)4)12(10-15-8)14(5,6)7/h9-10,15H,1-8H3/b11-9+,12-10+. The number of allylic oxidation sites excluding steroid dienone is 3. The van der Waals surface area contributed by atoms with Crippen LogP contribution in [0.15, 0.2) is 23.4 Å². The van der Waals surface area contributed by atoms with Crippen LogP contribution in [0, 0.1) is 10.8 Å². The average molecular weight is 209 g/mol. The van der Waals surface area contributed by atoms with Crippen molar-refractivity contribution in [1.29, 1.82) is 0 Å². The molecule has 0 aliphatic heterocycles. The summed E-state index contributed by atoms with van der Waals surface area (Å²) in [4.78, 5) is 0. The Labute approximate surface area is 95.7 Å². The van der Waals surface area contributed by atoms with Crippen LogP contribution >= 0.6 is 0 Å². The molecule has 0 atom stereocenters. The van der Waals surface area contributed by atoms with E-state index in [9.17, 15) is 0 Å². The van der Waals surface area contributed by atoms with Crippen molar-refractivity contribution in [3.63, 3.8) is 0 Å². The minimum atomic E-state index is 0.179. The summed E-state index contributed by atoms with van der Waals surface area (Å²) in [6.45, 7) is 15.7. The summed E-state index contributed by atoms with van der Waals surface area (Å²) in [6.07, 6.45) is 4.36. The van der Waals surface area contributed by atoms with E-state index in [0.717, 1.165) is 0 Å². The van der Waals surface area contributed by atoms with E-state index in [-0.39, 0.29) is 10.8 Å². The van der Waals surface area contributed by atoms with E-state index in [1.807, 2.05) is 7.05 Å². The molecule has 0 spiro atoms. The molecule has 1 heteroatoms. The van der Waals surface area contributed by atoms with Crippen LogP contribution in [0.25, 0.3) is 0 Å². The molecule has 0 saturated heterocycles. The number of hydrogen-bond donors (Lipinski definition) is 1. The van der Waals surface area contributed by atoms with Crippen molar-refractivity contribution in [2.75, 3.05) is 7.05 Å². The van der Waals surface area contributed by atoms with E-state index in [1.54, 1.807) is 0 Å². The second-order valence-electron chi connectivity index (χ2n) is 6.05. The van der Waals surface area contributed by atoms with Gasteiger partial charge in [-0.2, -0.15) is 0 Å². The van der Waals surface area contributed by atoms with Gasteiger partial charge in [0.05, 0.1) is 0 Å². The first-order valence-corrected chi connectivity index (χ1v) is 5.69. The fourth-order valence-corrected chi connectivity index (χ4v) is 1.84. The van der Waals surface area contributed by atoms with E-state index in [4.69, 9.17) is 0 Å². The lowest BCUT2D eigenvalue weighted by Crippen LogP contribution is -2.21. The minimum absolute atomic E-state index is 0.179. The third-order valence-electron chi connectivity index (χ3n) is 2.48. The van der Waals surface area contributed by atoms with Crippen molar-refractivity contribution in [3.05, 3.63) is 23.4 Å². The molecule has 1 N–H and O–H groups in total. The highest BCUT2D eigenvalue weighted by molar-refractivity contribution is 5.38. The summed E-state index contributed by atoms with van der Waals surface area (Å²) in [5.41, 5.74) is 3.19. The molecule has 88 valence electrons. The molecule has 0 aliphatic rings. The zero-order chi connectivity index (χ0) is 12.3. The Morgan fingerprint density at radius 3 is 1.47 bits per heavy atom. The molecule has 15 heavy (non-hydrogen) atoms. The summed E-state index contributed by atoms with van der Waals surface area (Å²) in [5, 5.41) is 3.16. The molecule has 0 aromatic heterocycles. The lowest BCUT2D eigenvalue weighted by Gasteiger charge is -2.33. The van der Waals surface area contributed by atoms with Crippen molar-refractivity contribution in [2.45, 2.75) is 48.5 Å². The normalized spacial score (nSPS) is 15.5. The molecule has 0 aliphatic carbocycles. The van der Waals surface area contributed by atoms with Crippen molar-refractivity contribution in [3.8, 4) is 0 Å². The van der Waals surface area contributed by atoms with E-state index in [1.165, 1.54) is 11.1 Å². The molecule has 0 amide bonds. The maximum Gasteiger partial charge on any atom is 0.00278 e. The molecule has 0 radical (unpaired) electrons. The highest BCUT2D eigenvalue weighted by Gasteiger charge is 2.27. The van der Waals surface area contributed by atoms with Gasteiger partial charge in [-0.15, -0.1) is 0 Å². The fraction of sp³-hybridized carbons (Fsp3) is 0.714. The van der Waals surface area contributed by atoms with E-state index in [0.29, 0.717) is 0 Å². The smallest absolute Gasteiger partial charge is 0.00278 e. The van der Waals surface area contributed by atoms with Crippen LogP contribution in [-0.2, 0) is 0 Å². The first-order chi connectivity index (χ1) is 6.64. The van der Waals surface area contributed by atoms with Crippen LogP contribution in [0.4, 0.5) is 0 Å². The van der Waals surface area contributed by atoms with Gasteiger partial charge < -0.3 is 5.32 Å². The Hall–Kier alpha value is -0.720. The van der Waals surface area contributed by atoms with Crippen LogP contribution in [0.5, 0.6) is 0 Å². The second-order valence-corrected chi connectivity index (χ2v) is 6.05. The monoisotopic (exact) mass is 209 g/mol. The maximum atomic E-state index is 3.16. The largest absolute Gasteiger partial charge is 0.394 e. The lowest BCUT2D eigenvalue weighted by atomic mass is 9.73. The van der Waals surface area contributed by atoms with Crippen molar-refractivity contribution >= 4 is 0 Å². The number of rotatable bonds is 2.